The molecule has 0 atom stereocenters. The van der Waals surface area contributed by atoms with Crippen LogP contribution in [0.5, 0.6) is 11.5 Å². The molecule has 41 heavy (non-hydrogen) atoms. The first-order chi connectivity index (χ1) is 19.9. The molecule has 0 saturated heterocycles. The summed E-state index contributed by atoms with van der Waals surface area (Å²) in [7, 11) is 2.46. The van der Waals surface area contributed by atoms with E-state index in [2.05, 4.69) is 27.5 Å². The monoisotopic (exact) mass is 568 g/mol. The number of aromatic amines is 1. The average Bonchev–Trinajstić information content (AvgIpc) is 3.39. The Morgan fingerprint density at radius 3 is 2.39 bits per heavy atom. The maximum absolute atomic E-state index is 15.5. The number of urea groups is 1. The van der Waals surface area contributed by atoms with Crippen LogP contribution in [-0.4, -0.2) is 56.4 Å². The highest BCUT2D eigenvalue weighted by atomic mass is 19.1. The Morgan fingerprint density at radius 2 is 1.71 bits per heavy atom. The fraction of sp³-hybridized carbons (Fsp3) is 0.310. The molecule has 2 aromatic heterocycles. The molecule has 2 amide bonds. The van der Waals surface area contributed by atoms with Gasteiger partial charge in [0.1, 0.15) is 17.2 Å². The molecule has 4 aromatic rings. The van der Waals surface area contributed by atoms with E-state index in [0.29, 0.717) is 28.7 Å². The highest BCUT2D eigenvalue weighted by Crippen LogP contribution is 2.44. The smallest absolute Gasteiger partial charge is 0.334 e. The van der Waals surface area contributed by atoms with E-state index >= 15 is 8.78 Å². The first kappa shape index (κ1) is 28.2. The Hall–Kier alpha value is -4.29. The van der Waals surface area contributed by atoms with Crippen molar-refractivity contribution >= 4 is 34.1 Å². The summed E-state index contributed by atoms with van der Waals surface area (Å²) in [5.74, 6) is -3.30. The number of nitrogens with zero attached hydrogens (tertiary/aromatic N) is 3. The van der Waals surface area contributed by atoms with E-state index in [1.54, 1.807) is 12.3 Å². The number of amides is 2. The van der Waals surface area contributed by atoms with Gasteiger partial charge in [-0.3, -0.25) is 9.80 Å². The summed E-state index contributed by atoms with van der Waals surface area (Å²) in [5.41, 5.74) is 1.94. The molecule has 2 aromatic carbocycles. The topological polar surface area (TPSA) is 94.8 Å². The van der Waals surface area contributed by atoms with Gasteiger partial charge in [0.15, 0.2) is 23.1 Å². The Bertz CT molecular complexity index is 1550. The van der Waals surface area contributed by atoms with Crippen LogP contribution in [0.2, 0.25) is 0 Å². The van der Waals surface area contributed by atoms with Crippen molar-refractivity contribution in [2.45, 2.75) is 19.9 Å². The number of halogens is 3. The van der Waals surface area contributed by atoms with Crippen LogP contribution in [0, 0.1) is 17.5 Å². The summed E-state index contributed by atoms with van der Waals surface area (Å²) in [4.78, 5) is 24.1. The Balaban J connectivity index is 1.60. The Labute approximate surface area is 235 Å². The van der Waals surface area contributed by atoms with Crippen molar-refractivity contribution in [3.05, 3.63) is 71.3 Å². The van der Waals surface area contributed by atoms with Crippen LogP contribution >= 0.6 is 0 Å². The number of fused-ring (bicyclic) bond motifs is 3. The van der Waals surface area contributed by atoms with Crippen molar-refractivity contribution in [2.75, 3.05) is 50.2 Å². The summed E-state index contributed by atoms with van der Waals surface area (Å²) < 4.78 is 55.6. The number of hydrogen-bond acceptors (Lipinski definition) is 6. The van der Waals surface area contributed by atoms with E-state index < -0.39 is 29.2 Å². The fourth-order valence-corrected chi connectivity index (χ4v) is 4.97. The van der Waals surface area contributed by atoms with Crippen molar-refractivity contribution in [3.63, 3.8) is 0 Å². The van der Waals surface area contributed by atoms with Crippen LogP contribution in [0.25, 0.3) is 11.0 Å². The Kier molecular flexibility index (Phi) is 8.31. The second-order valence-corrected chi connectivity index (χ2v) is 9.48. The minimum atomic E-state index is -1.07. The SMILES string of the molecule is CCNCCNCCc1cc2c3c(cnc2[nH]1)CN(c1c(F)c(OC)cc(OC)c1F)C(=O)N3c1cccc(F)c1. The molecule has 3 N–H and O–H groups in total. The summed E-state index contributed by atoms with van der Waals surface area (Å²) in [5, 5.41) is 7.26. The molecule has 1 aliphatic rings. The number of anilines is 3. The van der Waals surface area contributed by atoms with Gasteiger partial charge in [-0.15, -0.1) is 0 Å². The van der Waals surface area contributed by atoms with Gasteiger partial charge in [0.2, 0.25) is 0 Å². The van der Waals surface area contributed by atoms with Crippen LogP contribution in [0.15, 0.2) is 42.6 Å². The number of nitrogens with one attached hydrogen (secondary N) is 3. The quantitative estimate of drug-likeness (QED) is 0.220. The van der Waals surface area contributed by atoms with Gasteiger partial charge in [-0.2, -0.15) is 0 Å². The Morgan fingerprint density at radius 1 is 0.976 bits per heavy atom. The first-order valence-electron chi connectivity index (χ1n) is 13.3. The van der Waals surface area contributed by atoms with Gasteiger partial charge in [-0.05, 0) is 30.8 Å². The molecule has 5 rings (SSSR count). The zero-order valence-electron chi connectivity index (χ0n) is 23.0. The fourth-order valence-electron chi connectivity index (χ4n) is 4.97. The average molecular weight is 569 g/mol. The molecule has 0 radical (unpaired) electrons. The van der Waals surface area contributed by atoms with E-state index in [-0.39, 0.29) is 23.7 Å². The molecule has 216 valence electrons. The number of ether oxygens (including phenoxy) is 2. The largest absolute Gasteiger partial charge is 0.493 e. The van der Waals surface area contributed by atoms with Gasteiger partial charge in [-0.25, -0.2) is 22.9 Å². The molecule has 3 heterocycles. The van der Waals surface area contributed by atoms with Crippen LogP contribution in [0.3, 0.4) is 0 Å². The predicted octanol–water partition coefficient (Wildman–Crippen LogP) is 5.02. The molecular formula is C29H31F3N6O3. The van der Waals surface area contributed by atoms with Crippen molar-refractivity contribution in [3.8, 4) is 11.5 Å². The third-order valence-electron chi connectivity index (χ3n) is 6.92. The van der Waals surface area contributed by atoms with Crippen LogP contribution in [-0.2, 0) is 13.0 Å². The van der Waals surface area contributed by atoms with Crippen molar-refractivity contribution in [2.24, 2.45) is 0 Å². The number of carbonyl (C=O) groups excluding carboxylic acids is 1. The number of H-pyrrole nitrogens is 1. The molecule has 0 unspecified atom stereocenters. The number of carbonyl (C=O) groups is 1. The lowest BCUT2D eigenvalue weighted by atomic mass is 10.1. The number of benzene rings is 2. The number of pyridine rings is 1. The third kappa shape index (κ3) is 5.40. The summed E-state index contributed by atoms with van der Waals surface area (Å²) in [6.07, 6.45) is 2.23. The molecule has 0 aliphatic carbocycles. The molecule has 0 saturated carbocycles. The number of rotatable bonds is 11. The number of aromatic nitrogens is 2. The maximum Gasteiger partial charge on any atom is 0.334 e. The predicted molar refractivity (Wildman–Crippen MR) is 151 cm³/mol. The highest BCUT2D eigenvalue weighted by Gasteiger charge is 2.38. The third-order valence-corrected chi connectivity index (χ3v) is 6.92. The number of hydrogen-bond donors (Lipinski definition) is 3. The minimum absolute atomic E-state index is 0.192. The van der Waals surface area contributed by atoms with E-state index in [9.17, 15) is 9.18 Å². The van der Waals surface area contributed by atoms with E-state index in [1.165, 1.54) is 37.3 Å². The van der Waals surface area contributed by atoms with E-state index in [0.717, 1.165) is 42.8 Å². The lowest BCUT2D eigenvalue weighted by molar-refractivity contribution is 0.251. The second kappa shape index (κ2) is 12.1. The second-order valence-electron chi connectivity index (χ2n) is 9.48. The van der Waals surface area contributed by atoms with Gasteiger partial charge >= 0.3 is 6.03 Å². The van der Waals surface area contributed by atoms with E-state index in [4.69, 9.17) is 9.47 Å². The zero-order chi connectivity index (χ0) is 29.1. The molecular weight excluding hydrogens is 537 g/mol. The van der Waals surface area contributed by atoms with Crippen molar-refractivity contribution < 1.29 is 27.4 Å². The van der Waals surface area contributed by atoms with Gasteiger partial charge in [-0.1, -0.05) is 13.0 Å². The summed E-state index contributed by atoms with van der Waals surface area (Å²) >= 11 is 0. The molecule has 0 bridgehead atoms. The van der Waals surface area contributed by atoms with Gasteiger partial charge in [0, 0.05) is 55.0 Å². The number of likely N-dealkylation sites (N-methyl/N-ethyl adjacent to an activating group) is 1. The van der Waals surface area contributed by atoms with Crippen LogP contribution < -0.4 is 29.9 Å². The molecule has 12 heteroatoms. The summed E-state index contributed by atoms with van der Waals surface area (Å²) in [6.45, 7) is 5.16. The van der Waals surface area contributed by atoms with Crippen molar-refractivity contribution in [1.29, 1.82) is 0 Å². The lowest BCUT2D eigenvalue weighted by Crippen LogP contribution is -2.46. The van der Waals surface area contributed by atoms with E-state index in [1.807, 2.05) is 6.07 Å². The molecule has 1 aliphatic heterocycles. The van der Waals surface area contributed by atoms with Gasteiger partial charge in [0.05, 0.1) is 32.1 Å². The standard InChI is InChI=1S/C29H31F3N6O3/c1-4-33-10-11-34-9-8-19-13-21-26-17(15-35-28(21)36-19)16-37(29(39)38(26)20-7-5-6-18(30)12-20)27-24(31)22(40-2)14-23(41-3)25(27)32/h5-7,12-15,33-34H,4,8-11,16H2,1-3H3,(H,35,36). The summed E-state index contributed by atoms with van der Waals surface area (Å²) in [6, 6.07) is 7.66. The van der Waals surface area contributed by atoms with Gasteiger partial charge in [0.25, 0.3) is 0 Å². The minimum Gasteiger partial charge on any atom is -0.493 e. The molecule has 0 fully saturated rings. The lowest BCUT2D eigenvalue weighted by Gasteiger charge is -2.37. The van der Waals surface area contributed by atoms with Crippen LogP contribution in [0.1, 0.15) is 18.2 Å². The first-order valence-corrected chi connectivity index (χ1v) is 13.3. The van der Waals surface area contributed by atoms with Gasteiger partial charge < -0.3 is 25.1 Å². The normalized spacial score (nSPS) is 13.2. The van der Waals surface area contributed by atoms with Crippen LogP contribution in [0.4, 0.5) is 35.0 Å². The zero-order valence-corrected chi connectivity index (χ0v) is 23.0. The highest BCUT2D eigenvalue weighted by molar-refractivity contribution is 6.15. The maximum atomic E-state index is 15.5. The molecule has 9 nitrogen and oxygen atoms in total. The number of methoxy groups -OCH3 is 2. The van der Waals surface area contributed by atoms with Crippen molar-refractivity contribution in [1.82, 2.24) is 20.6 Å². The molecule has 0 spiro atoms.